The van der Waals surface area contributed by atoms with Crippen LogP contribution in [0.2, 0.25) is 0 Å². The highest BCUT2D eigenvalue weighted by atomic mass is 35.5. The molecule has 31 heavy (non-hydrogen) atoms. The molecule has 5 aliphatic rings. The second-order valence-corrected chi connectivity index (χ2v) is 10.6. The minimum absolute atomic E-state index is 0. The number of amides is 1. The number of piperazine rings is 1. The van der Waals surface area contributed by atoms with Gasteiger partial charge in [-0.1, -0.05) is 30.3 Å². The van der Waals surface area contributed by atoms with Crippen molar-refractivity contribution in [2.24, 2.45) is 23.2 Å². The molecule has 4 saturated carbocycles. The molecular formula is C25H39Cl2N3O. The highest BCUT2D eigenvalue weighted by Gasteiger charge is 2.54. The lowest BCUT2D eigenvalue weighted by Gasteiger charge is -2.55. The summed E-state index contributed by atoms with van der Waals surface area (Å²) in [5.74, 6) is 2.88. The molecule has 6 heteroatoms. The number of benzene rings is 1. The summed E-state index contributed by atoms with van der Waals surface area (Å²) < 4.78 is 0. The number of hydrogen-bond acceptors (Lipinski definition) is 3. The minimum atomic E-state index is -0.0165. The van der Waals surface area contributed by atoms with Crippen molar-refractivity contribution in [2.75, 3.05) is 32.7 Å². The van der Waals surface area contributed by atoms with Gasteiger partial charge in [0.05, 0.1) is 0 Å². The van der Waals surface area contributed by atoms with E-state index in [9.17, 15) is 4.79 Å². The van der Waals surface area contributed by atoms with E-state index in [0.29, 0.717) is 5.91 Å². The van der Waals surface area contributed by atoms with E-state index in [-0.39, 0.29) is 36.3 Å². The number of carbonyl (C=O) groups excluding carboxylic acids is 1. The SMILES string of the molecule is C[C@@H](CN1CCN(Cc2ccccc2)CC1)NC(=O)C12CC3CC(CC(C3)C1)C2.Cl.Cl. The van der Waals surface area contributed by atoms with Crippen LogP contribution in [0, 0.1) is 23.2 Å². The van der Waals surface area contributed by atoms with Gasteiger partial charge < -0.3 is 5.32 Å². The van der Waals surface area contributed by atoms with Crippen molar-refractivity contribution in [3.05, 3.63) is 35.9 Å². The number of rotatable bonds is 6. The molecule has 5 fully saturated rings. The number of hydrogen-bond donors (Lipinski definition) is 1. The highest BCUT2D eigenvalue weighted by molar-refractivity contribution is 5.85. The lowest BCUT2D eigenvalue weighted by atomic mass is 9.49. The van der Waals surface area contributed by atoms with Gasteiger partial charge in [0, 0.05) is 50.7 Å². The van der Waals surface area contributed by atoms with Crippen molar-refractivity contribution in [3.63, 3.8) is 0 Å². The number of carbonyl (C=O) groups is 1. The molecule has 0 aromatic heterocycles. The van der Waals surface area contributed by atoms with Crippen molar-refractivity contribution < 1.29 is 4.79 Å². The standard InChI is InChI=1S/C25H37N3O.2ClH/c1-19(17-27-7-9-28(10-8-27)18-20-5-3-2-4-6-20)26-24(29)25-14-21-11-22(15-25)13-23(12-21)16-25;;/h2-6,19,21-23H,7-18H2,1H3,(H,26,29);2*1H/t19-,21?,22?,23?,25?;;/m0../s1. The molecule has 0 radical (unpaired) electrons. The van der Waals surface area contributed by atoms with Crippen LogP contribution in [-0.2, 0) is 11.3 Å². The predicted molar refractivity (Wildman–Crippen MR) is 131 cm³/mol. The van der Waals surface area contributed by atoms with E-state index < -0.39 is 0 Å². The molecule has 1 heterocycles. The summed E-state index contributed by atoms with van der Waals surface area (Å²) in [6.07, 6.45) is 7.68. The van der Waals surface area contributed by atoms with E-state index in [1.54, 1.807) is 0 Å². The normalized spacial score (nSPS) is 33.3. The number of halogens is 2. The fourth-order valence-electron chi connectivity index (χ4n) is 7.17. The molecule has 1 aliphatic heterocycles. The second kappa shape index (κ2) is 10.4. The van der Waals surface area contributed by atoms with Crippen LogP contribution in [0.3, 0.4) is 0 Å². The summed E-state index contributed by atoms with van der Waals surface area (Å²) in [7, 11) is 0. The monoisotopic (exact) mass is 467 g/mol. The Hall–Kier alpha value is -0.810. The van der Waals surface area contributed by atoms with E-state index in [0.717, 1.165) is 76.3 Å². The first-order chi connectivity index (χ1) is 14.1. The zero-order valence-corrected chi connectivity index (χ0v) is 20.4. The average Bonchev–Trinajstić information content (AvgIpc) is 2.69. The Morgan fingerprint density at radius 2 is 1.45 bits per heavy atom. The van der Waals surface area contributed by atoms with Crippen LogP contribution in [0.5, 0.6) is 0 Å². The van der Waals surface area contributed by atoms with E-state index in [1.807, 2.05) is 0 Å². The summed E-state index contributed by atoms with van der Waals surface area (Å²) >= 11 is 0. The average molecular weight is 469 g/mol. The van der Waals surface area contributed by atoms with Gasteiger partial charge in [-0.05, 0) is 68.8 Å². The lowest BCUT2D eigenvalue weighted by Crippen LogP contribution is -2.56. The quantitative estimate of drug-likeness (QED) is 0.674. The molecule has 1 aromatic carbocycles. The van der Waals surface area contributed by atoms with Gasteiger partial charge in [0.25, 0.3) is 0 Å². The van der Waals surface area contributed by atoms with Crippen LogP contribution in [0.1, 0.15) is 51.0 Å². The zero-order chi connectivity index (χ0) is 19.8. The Labute approximate surface area is 200 Å². The largest absolute Gasteiger partial charge is 0.352 e. The van der Waals surface area contributed by atoms with Gasteiger partial charge in [0.2, 0.25) is 5.91 Å². The zero-order valence-electron chi connectivity index (χ0n) is 18.8. The van der Waals surface area contributed by atoms with Gasteiger partial charge in [-0.2, -0.15) is 0 Å². The van der Waals surface area contributed by atoms with E-state index in [4.69, 9.17) is 0 Å². The maximum absolute atomic E-state index is 13.3. The molecule has 4 bridgehead atoms. The summed E-state index contributed by atoms with van der Waals surface area (Å²) in [4.78, 5) is 18.3. The molecule has 0 spiro atoms. The molecule has 6 rings (SSSR count). The lowest BCUT2D eigenvalue weighted by molar-refractivity contribution is -0.147. The van der Waals surface area contributed by atoms with Crippen LogP contribution in [0.25, 0.3) is 0 Å². The molecule has 0 unspecified atom stereocenters. The third kappa shape index (κ3) is 5.58. The molecule has 174 valence electrons. The predicted octanol–water partition coefficient (Wildman–Crippen LogP) is 4.37. The van der Waals surface area contributed by atoms with Gasteiger partial charge >= 0.3 is 0 Å². The van der Waals surface area contributed by atoms with E-state index in [2.05, 4.69) is 52.4 Å². The first-order valence-electron chi connectivity index (χ1n) is 11.9. The Kier molecular flexibility index (Phi) is 8.34. The maximum Gasteiger partial charge on any atom is 0.226 e. The third-order valence-corrected chi connectivity index (χ3v) is 8.14. The number of nitrogens with one attached hydrogen (secondary N) is 1. The molecule has 1 N–H and O–H groups in total. The third-order valence-electron chi connectivity index (χ3n) is 8.14. The molecular weight excluding hydrogens is 429 g/mol. The molecule has 4 aliphatic carbocycles. The topological polar surface area (TPSA) is 35.6 Å². The Balaban J connectivity index is 0.00000136. The molecule has 1 aromatic rings. The van der Waals surface area contributed by atoms with E-state index in [1.165, 1.54) is 24.8 Å². The summed E-state index contributed by atoms with van der Waals surface area (Å²) in [5, 5.41) is 3.44. The first kappa shape index (κ1) is 24.8. The minimum Gasteiger partial charge on any atom is -0.352 e. The maximum atomic E-state index is 13.3. The van der Waals surface area contributed by atoms with Crippen molar-refractivity contribution in [2.45, 2.75) is 58.0 Å². The Morgan fingerprint density at radius 3 is 2.00 bits per heavy atom. The first-order valence-corrected chi connectivity index (χ1v) is 11.9. The van der Waals surface area contributed by atoms with Crippen molar-refractivity contribution in [1.82, 2.24) is 15.1 Å². The smallest absolute Gasteiger partial charge is 0.226 e. The van der Waals surface area contributed by atoms with Gasteiger partial charge in [0.15, 0.2) is 0 Å². The fourth-order valence-corrected chi connectivity index (χ4v) is 7.17. The molecule has 1 atom stereocenters. The van der Waals surface area contributed by atoms with Crippen LogP contribution < -0.4 is 5.32 Å². The van der Waals surface area contributed by atoms with E-state index >= 15 is 0 Å². The van der Waals surface area contributed by atoms with Gasteiger partial charge in [0.1, 0.15) is 0 Å². The Morgan fingerprint density at radius 1 is 0.935 bits per heavy atom. The van der Waals surface area contributed by atoms with Crippen LogP contribution >= 0.6 is 24.8 Å². The number of nitrogens with zero attached hydrogens (tertiary/aromatic N) is 2. The Bertz CT molecular complexity index is 685. The summed E-state index contributed by atoms with van der Waals surface area (Å²) in [5.41, 5.74) is 1.38. The summed E-state index contributed by atoms with van der Waals surface area (Å²) in [6, 6.07) is 11.0. The summed E-state index contributed by atoms with van der Waals surface area (Å²) in [6.45, 7) is 8.67. The van der Waals surface area contributed by atoms with Crippen LogP contribution in [0.15, 0.2) is 30.3 Å². The molecule has 1 saturated heterocycles. The van der Waals surface area contributed by atoms with Crippen LogP contribution in [-0.4, -0.2) is 54.5 Å². The van der Waals surface area contributed by atoms with Crippen molar-refractivity contribution in [1.29, 1.82) is 0 Å². The van der Waals surface area contributed by atoms with Gasteiger partial charge in [-0.3, -0.25) is 14.6 Å². The van der Waals surface area contributed by atoms with Crippen molar-refractivity contribution >= 4 is 30.7 Å². The van der Waals surface area contributed by atoms with Gasteiger partial charge in [-0.15, -0.1) is 24.8 Å². The fraction of sp³-hybridized carbons (Fsp3) is 0.720. The molecule has 1 amide bonds. The van der Waals surface area contributed by atoms with Gasteiger partial charge in [-0.25, -0.2) is 0 Å². The van der Waals surface area contributed by atoms with Crippen LogP contribution in [0.4, 0.5) is 0 Å². The van der Waals surface area contributed by atoms with Crippen molar-refractivity contribution in [3.8, 4) is 0 Å². The highest BCUT2D eigenvalue weighted by Crippen LogP contribution is 2.60. The molecule has 4 nitrogen and oxygen atoms in total. The second-order valence-electron chi connectivity index (χ2n) is 10.6.